The van der Waals surface area contributed by atoms with E-state index in [0.29, 0.717) is 12.1 Å². The lowest BCUT2D eigenvalue weighted by molar-refractivity contribution is 0.461. The van der Waals surface area contributed by atoms with Crippen molar-refractivity contribution < 1.29 is 5.11 Å². The normalized spacial score (nSPS) is 12.9. The molecule has 1 unspecified atom stereocenters. The highest BCUT2D eigenvalue weighted by molar-refractivity contribution is 9.10. The number of nitrogens with two attached hydrogens (primary N) is 2. The van der Waals surface area contributed by atoms with Crippen molar-refractivity contribution in [1.29, 1.82) is 0 Å². The Balaban J connectivity index is 3.15. The fourth-order valence-corrected chi connectivity index (χ4v) is 1.47. The summed E-state index contributed by atoms with van der Waals surface area (Å²) < 4.78 is 0.934. The second-order valence-electron chi connectivity index (χ2n) is 3.00. The Hall–Kier alpha value is -0.580. The summed E-state index contributed by atoms with van der Waals surface area (Å²) in [7, 11) is 0. The summed E-state index contributed by atoms with van der Waals surface area (Å²) in [6.45, 7) is 2.23. The number of hydrogen-bond acceptors (Lipinski definition) is 3. The average Bonchev–Trinajstić information content (AvgIpc) is 2.10. The molecule has 0 aromatic heterocycles. The van der Waals surface area contributed by atoms with E-state index >= 15 is 0 Å². The predicted octanol–water partition coefficient (Wildman–Crippen LogP) is 1.42. The summed E-state index contributed by atoms with van der Waals surface area (Å²) in [5.74, 6) is 0.207. The number of benzene rings is 1. The average molecular weight is 245 g/mol. The molecule has 1 aromatic carbocycles. The van der Waals surface area contributed by atoms with Crippen molar-refractivity contribution in [3.8, 4) is 5.75 Å². The molecule has 0 saturated heterocycles. The van der Waals surface area contributed by atoms with Crippen molar-refractivity contribution >= 4 is 15.9 Å². The molecular weight excluding hydrogens is 232 g/mol. The van der Waals surface area contributed by atoms with Gasteiger partial charge >= 0.3 is 0 Å². The highest BCUT2D eigenvalue weighted by atomic mass is 79.9. The van der Waals surface area contributed by atoms with E-state index in [2.05, 4.69) is 15.9 Å². The summed E-state index contributed by atoms with van der Waals surface area (Å²) in [6.07, 6.45) is 0. The van der Waals surface area contributed by atoms with Crippen LogP contribution in [0.5, 0.6) is 5.75 Å². The Bertz CT molecular complexity index is 315. The van der Waals surface area contributed by atoms with Crippen LogP contribution in [0, 0.1) is 6.92 Å². The summed E-state index contributed by atoms with van der Waals surface area (Å²) in [5, 5.41) is 9.56. The quantitative estimate of drug-likeness (QED) is 0.737. The molecular formula is C9H13BrN2O. The molecule has 0 heterocycles. The molecule has 4 heteroatoms. The van der Waals surface area contributed by atoms with E-state index in [1.165, 1.54) is 0 Å². The zero-order valence-electron chi connectivity index (χ0n) is 7.42. The Labute approximate surface area is 85.9 Å². The van der Waals surface area contributed by atoms with Crippen molar-refractivity contribution in [2.45, 2.75) is 13.0 Å². The number of aryl methyl sites for hydroxylation is 1. The van der Waals surface area contributed by atoms with Crippen LogP contribution in [-0.4, -0.2) is 11.7 Å². The van der Waals surface area contributed by atoms with E-state index in [1.807, 2.05) is 13.0 Å². The lowest BCUT2D eigenvalue weighted by Gasteiger charge is -2.12. The van der Waals surface area contributed by atoms with Gasteiger partial charge in [-0.1, -0.05) is 15.9 Å². The van der Waals surface area contributed by atoms with Gasteiger partial charge in [0.15, 0.2) is 0 Å². The number of hydrogen-bond donors (Lipinski definition) is 3. The van der Waals surface area contributed by atoms with Crippen LogP contribution in [0.15, 0.2) is 16.6 Å². The maximum Gasteiger partial charge on any atom is 0.120 e. The highest BCUT2D eigenvalue weighted by Crippen LogP contribution is 2.28. The predicted molar refractivity (Wildman–Crippen MR) is 56.5 cm³/mol. The molecule has 1 aromatic rings. The van der Waals surface area contributed by atoms with Gasteiger partial charge in [0.25, 0.3) is 0 Å². The molecule has 0 amide bonds. The van der Waals surface area contributed by atoms with Crippen molar-refractivity contribution in [2.24, 2.45) is 11.5 Å². The van der Waals surface area contributed by atoms with Gasteiger partial charge in [0.2, 0.25) is 0 Å². The molecule has 0 aliphatic rings. The van der Waals surface area contributed by atoms with Gasteiger partial charge in [-0.2, -0.15) is 0 Å². The van der Waals surface area contributed by atoms with Crippen LogP contribution in [-0.2, 0) is 0 Å². The zero-order valence-corrected chi connectivity index (χ0v) is 9.01. The lowest BCUT2D eigenvalue weighted by atomic mass is 10.0. The molecule has 0 fully saturated rings. The number of phenolic OH excluding ortho intramolecular Hbond substituents is 1. The number of aromatic hydroxyl groups is 1. The van der Waals surface area contributed by atoms with E-state index in [4.69, 9.17) is 11.5 Å². The van der Waals surface area contributed by atoms with Gasteiger partial charge in [-0.25, -0.2) is 0 Å². The minimum Gasteiger partial charge on any atom is -0.508 e. The van der Waals surface area contributed by atoms with Crippen LogP contribution in [0.1, 0.15) is 17.2 Å². The van der Waals surface area contributed by atoms with Crippen molar-refractivity contribution in [3.05, 3.63) is 27.7 Å². The largest absolute Gasteiger partial charge is 0.508 e. The van der Waals surface area contributed by atoms with Crippen LogP contribution in [0.4, 0.5) is 0 Å². The smallest absolute Gasteiger partial charge is 0.120 e. The summed E-state index contributed by atoms with van der Waals surface area (Å²) in [5.41, 5.74) is 12.8. The molecule has 13 heavy (non-hydrogen) atoms. The van der Waals surface area contributed by atoms with E-state index < -0.39 is 0 Å². The zero-order chi connectivity index (χ0) is 10.0. The summed E-state index contributed by atoms with van der Waals surface area (Å²) >= 11 is 3.37. The maximum absolute atomic E-state index is 9.56. The highest BCUT2D eigenvalue weighted by Gasteiger charge is 2.10. The first-order valence-electron chi connectivity index (χ1n) is 4.01. The van der Waals surface area contributed by atoms with Crippen molar-refractivity contribution in [3.63, 3.8) is 0 Å². The van der Waals surface area contributed by atoms with Gasteiger partial charge in [-0.3, -0.25) is 0 Å². The number of halogens is 1. The third-order valence-corrected chi connectivity index (χ3v) is 2.82. The van der Waals surface area contributed by atoms with Gasteiger partial charge in [-0.15, -0.1) is 0 Å². The number of phenols is 1. The third-order valence-electron chi connectivity index (χ3n) is 1.96. The monoisotopic (exact) mass is 244 g/mol. The summed E-state index contributed by atoms with van der Waals surface area (Å²) in [4.78, 5) is 0. The first kappa shape index (κ1) is 10.5. The van der Waals surface area contributed by atoms with Gasteiger partial charge in [0.05, 0.1) is 0 Å². The van der Waals surface area contributed by atoms with Gasteiger partial charge in [-0.05, 0) is 24.6 Å². The van der Waals surface area contributed by atoms with Crippen molar-refractivity contribution in [1.82, 2.24) is 0 Å². The fraction of sp³-hybridized carbons (Fsp3) is 0.333. The van der Waals surface area contributed by atoms with Crippen LogP contribution in [0.2, 0.25) is 0 Å². The van der Waals surface area contributed by atoms with Crippen LogP contribution < -0.4 is 11.5 Å². The van der Waals surface area contributed by atoms with Gasteiger partial charge in [0.1, 0.15) is 5.75 Å². The Kier molecular flexibility index (Phi) is 3.30. The topological polar surface area (TPSA) is 72.3 Å². The lowest BCUT2D eigenvalue weighted by Crippen LogP contribution is -2.20. The van der Waals surface area contributed by atoms with E-state index in [1.54, 1.807) is 6.07 Å². The molecule has 0 aliphatic heterocycles. The number of rotatable bonds is 2. The Morgan fingerprint density at radius 2 is 2.15 bits per heavy atom. The molecule has 5 N–H and O–H groups in total. The molecule has 0 spiro atoms. The Morgan fingerprint density at radius 3 is 2.69 bits per heavy atom. The van der Waals surface area contributed by atoms with Crippen molar-refractivity contribution in [2.75, 3.05) is 6.54 Å². The van der Waals surface area contributed by atoms with E-state index in [-0.39, 0.29) is 11.8 Å². The molecule has 3 nitrogen and oxygen atoms in total. The fourth-order valence-electron chi connectivity index (χ4n) is 1.11. The van der Waals surface area contributed by atoms with Crippen LogP contribution >= 0.6 is 15.9 Å². The van der Waals surface area contributed by atoms with Gasteiger partial charge in [0, 0.05) is 22.6 Å². The first-order chi connectivity index (χ1) is 6.06. The van der Waals surface area contributed by atoms with Gasteiger partial charge < -0.3 is 16.6 Å². The van der Waals surface area contributed by atoms with E-state index in [9.17, 15) is 5.11 Å². The van der Waals surface area contributed by atoms with E-state index in [0.717, 1.165) is 10.0 Å². The molecule has 0 radical (unpaired) electrons. The third kappa shape index (κ3) is 2.21. The SMILES string of the molecule is Cc1cc(O)c(C(N)CN)cc1Br. The molecule has 1 atom stereocenters. The first-order valence-corrected chi connectivity index (χ1v) is 4.80. The minimum atomic E-state index is -0.308. The second-order valence-corrected chi connectivity index (χ2v) is 3.86. The van der Waals surface area contributed by atoms with Crippen LogP contribution in [0.3, 0.4) is 0 Å². The minimum absolute atomic E-state index is 0.207. The maximum atomic E-state index is 9.56. The standard InChI is InChI=1S/C9H13BrN2O/c1-5-2-9(13)6(3-7(5)10)8(12)4-11/h2-3,8,13H,4,11-12H2,1H3. The molecule has 0 saturated carbocycles. The molecule has 1 rings (SSSR count). The second kappa shape index (κ2) is 4.09. The van der Waals surface area contributed by atoms with Crippen LogP contribution in [0.25, 0.3) is 0 Å². The summed E-state index contributed by atoms with van der Waals surface area (Å²) in [6, 6.07) is 3.17. The molecule has 0 bridgehead atoms. The molecule has 0 aliphatic carbocycles. The molecule has 72 valence electrons. The Morgan fingerprint density at radius 1 is 1.54 bits per heavy atom.